The van der Waals surface area contributed by atoms with Crippen molar-refractivity contribution in [1.82, 2.24) is 0 Å². The molecule has 23 heavy (non-hydrogen) atoms. The summed E-state index contributed by atoms with van der Waals surface area (Å²) < 4.78 is 48.4. The number of nitrogens with one attached hydrogen (secondary N) is 1. The van der Waals surface area contributed by atoms with Crippen molar-refractivity contribution in [3.8, 4) is 11.5 Å². The van der Waals surface area contributed by atoms with Gasteiger partial charge in [0.15, 0.2) is 11.5 Å². The number of ether oxygens (including phenoxy) is 2. The number of rotatable bonds is 2. The Hall–Kier alpha value is -2.70. The Balaban J connectivity index is 1.80. The first kappa shape index (κ1) is 15.2. The molecule has 1 aliphatic heterocycles. The van der Waals surface area contributed by atoms with Crippen LogP contribution in [0.5, 0.6) is 11.5 Å². The normalized spacial score (nSPS) is 13.5. The van der Waals surface area contributed by atoms with Crippen LogP contribution in [-0.4, -0.2) is 19.1 Å². The highest BCUT2D eigenvalue weighted by Crippen LogP contribution is 2.34. The van der Waals surface area contributed by atoms with Crippen molar-refractivity contribution < 1.29 is 27.4 Å². The van der Waals surface area contributed by atoms with Gasteiger partial charge >= 0.3 is 6.18 Å². The molecule has 0 bridgehead atoms. The quantitative estimate of drug-likeness (QED) is 0.916. The lowest BCUT2D eigenvalue weighted by Crippen LogP contribution is -2.20. The third-order valence-corrected chi connectivity index (χ3v) is 3.28. The maximum absolute atomic E-state index is 12.5. The van der Waals surface area contributed by atoms with Crippen molar-refractivity contribution in [3.05, 3.63) is 53.6 Å². The number of halogens is 3. The van der Waals surface area contributed by atoms with Gasteiger partial charge in [-0.05, 0) is 36.4 Å². The fraction of sp³-hybridized carbons (Fsp3) is 0.188. The third kappa shape index (κ3) is 3.23. The minimum atomic E-state index is -4.41. The molecule has 0 saturated carbocycles. The number of para-hydroxylation sites is 1. The van der Waals surface area contributed by atoms with Gasteiger partial charge in [0.25, 0.3) is 5.91 Å². The number of anilines is 1. The number of fused-ring (bicyclic) bond motifs is 1. The van der Waals surface area contributed by atoms with Gasteiger partial charge in [-0.1, -0.05) is 6.07 Å². The molecule has 0 unspecified atom stereocenters. The van der Waals surface area contributed by atoms with E-state index in [0.717, 1.165) is 12.1 Å². The highest BCUT2D eigenvalue weighted by molar-refractivity contribution is 6.06. The summed E-state index contributed by atoms with van der Waals surface area (Å²) in [5.41, 5.74) is -0.247. The molecule has 3 rings (SSSR count). The van der Waals surface area contributed by atoms with Crippen molar-refractivity contribution in [2.24, 2.45) is 0 Å². The van der Waals surface area contributed by atoms with Crippen LogP contribution < -0.4 is 14.8 Å². The van der Waals surface area contributed by atoms with Gasteiger partial charge in [0.05, 0.1) is 11.1 Å². The van der Waals surface area contributed by atoms with Crippen LogP contribution in [-0.2, 0) is 6.18 Å². The smallest absolute Gasteiger partial charge is 0.416 e. The Labute approximate surface area is 129 Å². The van der Waals surface area contributed by atoms with Gasteiger partial charge in [0.1, 0.15) is 13.2 Å². The maximum Gasteiger partial charge on any atom is 0.416 e. The Kier molecular flexibility index (Phi) is 3.85. The van der Waals surface area contributed by atoms with Gasteiger partial charge < -0.3 is 14.8 Å². The molecule has 0 aliphatic carbocycles. The molecule has 1 amide bonds. The second-order valence-corrected chi connectivity index (χ2v) is 4.86. The standard InChI is InChI=1S/C16H12F3NO3/c17-16(18,19)10-4-6-11(7-5-10)20-15(21)12-2-1-3-13-14(12)23-9-8-22-13/h1-7H,8-9H2,(H,20,21). The fourth-order valence-corrected chi connectivity index (χ4v) is 2.19. The monoisotopic (exact) mass is 323 g/mol. The van der Waals surface area contributed by atoms with Gasteiger partial charge in [0.2, 0.25) is 0 Å². The molecule has 2 aromatic carbocycles. The van der Waals surface area contributed by atoms with Crippen LogP contribution in [0.3, 0.4) is 0 Å². The molecular formula is C16H12F3NO3. The molecule has 0 atom stereocenters. The second kappa shape index (κ2) is 5.83. The van der Waals surface area contributed by atoms with Crippen molar-refractivity contribution in [3.63, 3.8) is 0 Å². The number of carbonyl (C=O) groups is 1. The van der Waals surface area contributed by atoms with Crippen molar-refractivity contribution in [1.29, 1.82) is 0 Å². The van der Waals surface area contributed by atoms with Crippen LogP contribution in [0.25, 0.3) is 0 Å². The predicted molar refractivity (Wildman–Crippen MR) is 76.8 cm³/mol. The van der Waals surface area contributed by atoms with E-state index in [9.17, 15) is 18.0 Å². The van der Waals surface area contributed by atoms with Crippen molar-refractivity contribution in [2.45, 2.75) is 6.18 Å². The lowest BCUT2D eigenvalue weighted by molar-refractivity contribution is -0.137. The first-order valence-electron chi connectivity index (χ1n) is 6.82. The maximum atomic E-state index is 12.5. The zero-order valence-electron chi connectivity index (χ0n) is 11.8. The van der Waals surface area contributed by atoms with E-state index in [0.29, 0.717) is 24.7 Å². The molecule has 0 fully saturated rings. The van der Waals surface area contributed by atoms with Crippen LogP contribution in [0.4, 0.5) is 18.9 Å². The zero-order valence-corrected chi connectivity index (χ0v) is 11.8. The van der Waals surface area contributed by atoms with Crippen LogP contribution in [0.2, 0.25) is 0 Å². The lowest BCUT2D eigenvalue weighted by Gasteiger charge is -2.20. The Morgan fingerprint density at radius 1 is 1.00 bits per heavy atom. The van der Waals surface area contributed by atoms with E-state index in [-0.39, 0.29) is 11.3 Å². The molecule has 1 aliphatic rings. The number of hydrogen-bond donors (Lipinski definition) is 1. The lowest BCUT2D eigenvalue weighted by atomic mass is 10.1. The number of amides is 1. The summed E-state index contributed by atoms with van der Waals surface area (Å²) in [6.07, 6.45) is -4.41. The molecule has 0 radical (unpaired) electrons. The number of alkyl halides is 3. The van der Waals surface area contributed by atoms with Crippen LogP contribution >= 0.6 is 0 Å². The number of carbonyl (C=O) groups excluding carboxylic acids is 1. The average Bonchev–Trinajstić information content (AvgIpc) is 2.54. The summed E-state index contributed by atoms with van der Waals surface area (Å²) >= 11 is 0. The van der Waals surface area contributed by atoms with E-state index in [1.807, 2.05) is 0 Å². The Morgan fingerprint density at radius 2 is 1.70 bits per heavy atom. The topological polar surface area (TPSA) is 47.6 Å². The van der Waals surface area contributed by atoms with Crippen LogP contribution in [0.1, 0.15) is 15.9 Å². The minimum absolute atomic E-state index is 0.261. The summed E-state index contributed by atoms with van der Waals surface area (Å²) in [6.45, 7) is 0.731. The van der Waals surface area contributed by atoms with Gasteiger partial charge in [0, 0.05) is 5.69 Å². The fourth-order valence-electron chi connectivity index (χ4n) is 2.19. The van der Waals surface area contributed by atoms with E-state index in [4.69, 9.17) is 9.47 Å². The highest BCUT2D eigenvalue weighted by atomic mass is 19.4. The van der Waals surface area contributed by atoms with Crippen LogP contribution in [0, 0.1) is 0 Å². The van der Waals surface area contributed by atoms with E-state index in [1.165, 1.54) is 12.1 Å². The molecule has 1 heterocycles. The van der Waals surface area contributed by atoms with Gasteiger partial charge in [-0.3, -0.25) is 4.79 Å². The average molecular weight is 323 g/mol. The van der Waals surface area contributed by atoms with Gasteiger partial charge in [-0.25, -0.2) is 0 Å². The molecular weight excluding hydrogens is 311 g/mol. The van der Waals surface area contributed by atoms with Gasteiger partial charge in [-0.15, -0.1) is 0 Å². The number of hydrogen-bond acceptors (Lipinski definition) is 3. The van der Waals surface area contributed by atoms with Crippen molar-refractivity contribution >= 4 is 11.6 Å². The summed E-state index contributed by atoms with van der Waals surface area (Å²) in [4.78, 5) is 12.3. The van der Waals surface area contributed by atoms with E-state index in [2.05, 4.69) is 5.32 Å². The molecule has 0 aromatic heterocycles. The van der Waals surface area contributed by atoms with E-state index < -0.39 is 17.6 Å². The predicted octanol–water partition coefficient (Wildman–Crippen LogP) is 3.73. The minimum Gasteiger partial charge on any atom is -0.486 e. The molecule has 4 nitrogen and oxygen atoms in total. The first-order chi connectivity index (χ1) is 10.9. The SMILES string of the molecule is O=C(Nc1ccc(C(F)(F)F)cc1)c1cccc2c1OCCO2. The molecule has 0 spiro atoms. The van der Waals surface area contributed by atoms with E-state index >= 15 is 0 Å². The molecule has 1 N–H and O–H groups in total. The third-order valence-electron chi connectivity index (χ3n) is 3.28. The molecule has 7 heteroatoms. The zero-order chi connectivity index (χ0) is 16.4. The highest BCUT2D eigenvalue weighted by Gasteiger charge is 2.30. The largest absolute Gasteiger partial charge is 0.486 e. The van der Waals surface area contributed by atoms with Gasteiger partial charge in [-0.2, -0.15) is 13.2 Å². The molecule has 0 saturated heterocycles. The molecule has 120 valence electrons. The Bertz CT molecular complexity index is 726. The summed E-state index contributed by atoms with van der Waals surface area (Å²) in [5.74, 6) is 0.326. The second-order valence-electron chi connectivity index (χ2n) is 4.86. The first-order valence-corrected chi connectivity index (χ1v) is 6.82. The summed E-state index contributed by atoms with van der Waals surface area (Å²) in [6, 6.07) is 9.12. The summed E-state index contributed by atoms with van der Waals surface area (Å²) in [7, 11) is 0. The Morgan fingerprint density at radius 3 is 2.39 bits per heavy atom. The summed E-state index contributed by atoms with van der Waals surface area (Å²) in [5, 5.41) is 2.55. The number of benzene rings is 2. The molecule has 2 aromatic rings. The van der Waals surface area contributed by atoms with E-state index in [1.54, 1.807) is 18.2 Å². The van der Waals surface area contributed by atoms with Crippen LogP contribution in [0.15, 0.2) is 42.5 Å². The van der Waals surface area contributed by atoms with Crippen molar-refractivity contribution in [2.75, 3.05) is 18.5 Å².